The fourth-order valence-electron chi connectivity index (χ4n) is 1.24. The van der Waals surface area contributed by atoms with E-state index < -0.39 is 0 Å². The van der Waals surface area contributed by atoms with Crippen LogP contribution in [0.25, 0.3) is 11.4 Å². The first-order valence-electron chi connectivity index (χ1n) is 3.88. The van der Waals surface area contributed by atoms with Crippen LogP contribution in [0.1, 0.15) is 5.01 Å². The van der Waals surface area contributed by atoms with Gasteiger partial charge in [0.25, 0.3) is 0 Å². The van der Waals surface area contributed by atoms with Gasteiger partial charge in [0.15, 0.2) is 0 Å². The molecule has 2 N–H and O–H groups in total. The average molecular weight is 194 g/mol. The molecule has 0 bridgehead atoms. The van der Waals surface area contributed by atoms with E-state index in [9.17, 15) is 0 Å². The van der Waals surface area contributed by atoms with Crippen molar-refractivity contribution in [2.75, 3.05) is 5.73 Å². The number of nitrogen functional groups attached to an aromatic ring is 1. The van der Waals surface area contributed by atoms with Crippen LogP contribution in [0.5, 0.6) is 0 Å². The third kappa shape index (κ3) is 1.31. The van der Waals surface area contributed by atoms with Crippen LogP contribution in [0.15, 0.2) is 11.6 Å². The van der Waals surface area contributed by atoms with Crippen molar-refractivity contribution in [3.8, 4) is 11.4 Å². The Hall–Kier alpha value is -1.36. The zero-order valence-electron chi connectivity index (χ0n) is 7.48. The van der Waals surface area contributed by atoms with E-state index in [1.807, 2.05) is 19.4 Å². The quantitative estimate of drug-likeness (QED) is 0.747. The zero-order valence-corrected chi connectivity index (χ0v) is 8.30. The molecule has 2 heterocycles. The van der Waals surface area contributed by atoms with E-state index in [0.29, 0.717) is 5.69 Å². The van der Waals surface area contributed by atoms with Crippen molar-refractivity contribution in [1.82, 2.24) is 14.8 Å². The maximum Gasteiger partial charge on any atom is 0.110 e. The van der Waals surface area contributed by atoms with Gasteiger partial charge in [0.05, 0.1) is 16.9 Å². The molecule has 0 fully saturated rings. The molecular weight excluding hydrogens is 184 g/mol. The fourth-order valence-corrected chi connectivity index (χ4v) is 1.84. The second-order valence-corrected chi connectivity index (χ2v) is 3.89. The van der Waals surface area contributed by atoms with Gasteiger partial charge in [-0.25, -0.2) is 4.98 Å². The van der Waals surface area contributed by atoms with Gasteiger partial charge in [-0.2, -0.15) is 5.10 Å². The summed E-state index contributed by atoms with van der Waals surface area (Å²) in [6.07, 6.45) is 1.64. The topological polar surface area (TPSA) is 56.7 Å². The highest BCUT2D eigenvalue weighted by molar-refractivity contribution is 7.09. The Morgan fingerprint density at radius 1 is 1.54 bits per heavy atom. The maximum absolute atomic E-state index is 5.76. The standard InChI is InChI=1S/C8H10N4S/c1-5-11-7(4-13-5)8-6(9)3-10-12(8)2/h3-4H,9H2,1-2H3. The van der Waals surface area contributed by atoms with E-state index in [4.69, 9.17) is 5.73 Å². The molecule has 13 heavy (non-hydrogen) atoms. The number of aromatic nitrogens is 3. The molecule has 4 nitrogen and oxygen atoms in total. The Kier molecular flexibility index (Phi) is 1.81. The van der Waals surface area contributed by atoms with Gasteiger partial charge in [0.2, 0.25) is 0 Å². The number of thiazole rings is 1. The largest absolute Gasteiger partial charge is 0.396 e. The summed E-state index contributed by atoms with van der Waals surface area (Å²) in [6, 6.07) is 0. The number of rotatable bonds is 1. The van der Waals surface area contributed by atoms with Crippen LogP contribution >= 0.6 is 11.3 Å². The molecule has 0 amide bonds. The maximum atomic E-state index is 5.76. The fraction of sp³-hybridized carbons (Fsp3) is 0.250. The van der Waals surface area contributed by atoms with Crippen LogP contribution in [-0.2, 0) is 7.05 Å². The minimum atomic E-state index is 0.674. The van der Waals surface area contributed by atoms with Gasteiger partial charge in [-0.1, -0.05) is 0 Å². The molecule has 0 atom stereocenters. The summed E-state index contributed by atoms with van der Waals surface area (Å²) >= 11 is 1.61. The summed E-state index contributed by atoms with van der Waals surface area (Å²) in [6.45, 7) is 1.97. The molecule has 2 aromatic heterocycles. The predicted octanol–water partition coefficient (Wildman–Crippen LogP) is 1.43. The first-order valence-corrected chi connectivity index (χ1v) is 4.76. The van der Waals surface area contributed by atoms with Gasteiger partial charge in [-0.15, -0.1) is 11.3 Å². The highest BCUT2D eigenvalue weighted by Gasteiger charge is 2.10. The van der Waals surface area contributed by atoms with Crippen molar-refractivity contribution < 1.29 is 0 Å². The van der Waals surface area contributed by atoms with Crippen LogP contribution in [0.3, 0.4) is 0 Å². The van der Waals surface area contributed by atoms with Crippen molar-refractivity contribution in [3.05, 3.63) is 16.6 Å². The molecule has 0 radical (unpaired) electrons. The van der Waals surface area contributed by atoms with Gasteiger partial charge in [-0.3, -0.25) is 4.68 Å². The minimum Gasteiger partial charge on any atom is -0.396 e. The summed E-state index contributed by atoms with van der Waals surface area (Å²) in [5.74, 6) is 0. The monoisotopic (exact) mass is 194 g/mol. The third-order valence-electron chi connectivity index (χ3n) is 1.83. The molecule has 0 saturated heterocycles. The van der Waals surface area contributed by atoms with Crippen molar-refractivity contribution in [1.29, 1.82) is 0 Å². The smallest absolute Gasteiger partial charge is 0.110 e. The lowest BCUT2D eigenvalue weighted by atomic mass is 10.3. The van der Waals surface area contributed by atoms with Crippen molar-refractivity contribution in [2.45, 2.75) is 6.92 Å². The van der Waals surface area contributed by atoms with E-state index in [1.165, 1.54) is 0 Å². The highest BCUT2D eigenvalue weighted by atomic mass is 32.1. The zero-order chi connectivity index (χ0) is 9.42. The van der Waals surface area contributed by atoms with Crippen molar-refractivity contribution >= 4 is 17.0 Å². The Morgan fingerprint density at radius 3 is 2.77 bits per heavy atom. The number of aryl methyl sites for hydroxylation is 2. The second kappa shape index (κ2) is 2.85. The molecule has 0 spiro atoms. The molecule has 5 heteroatoms. The molecule has 0 unspecified atom stereocenters. The SMILES string of the molecule is Cc1nc(-c2c(N)cnn2C)cs1. The average Bonchev–Trinajstić information content (AvgIpc) is 2.60. The van der Waals surface area contributed by atoms with E-state index in [1.54, 1.807) is 22.2 Å². The van der Waals surface area contributed by atoms with Gasteiger partial charge in [0.1, 0.15) is 11.4 Å². The number of anilines is 1. The number of nitrogens with two attached hydrogens (primary N) is 1. The van der Waals surface area contributed by atoms with Crippen LogP contribution in [-0.4, -0.2) is 14.8 Å². The lowest BCUT2D eigenvalue weighted by Gasteiger charge is -1.97. The lowest BCUT2D eigenvalue weighted by molar-refractivity contribution is 0.774. The van der Waals surface area contributed by atoms with Crippen molar-refractivity contribution in [2.24, 2.45) is 7.05 Å². The highest BCUT2D eigenvalue weighted by Crippen LogP contribution is 2.25. The van der Waals surface area contributed by atoms with Gasteiger partial charge in [0, 0.05) is 12.4 Å². The van der Waals surface area contributed by atoms with Gasteiger partial charge in [-0.05, 0) is 6.92 Å². The van der Waals surface area contributed by atoms with Gasteiger partial charge < -0.3 is 5.73 Å². The molecule has 0 aliphatic rings. The summed E-state index contributed by atoms with van der Waals surface area (Å²) in [5, 5.41) is 7.08. The Morgan fingerprint density at radius 2 is 2.31 bits per heavy atom. The van der Waals surface area contributed by atoms with E-state index in [0.717, 1.165) is 16.4 Å². The van der Waals surface area contributed by atoms with Crippen molar-refractivity contribution in [3.63, 3.8) is 0 Å². The molecular formula is C8H10N4S. The molecule has 0 aliphatic carbocycles. The summed E-state index contributed by atoms with van der Waals surface area (Å²) < 4.78 is 1.74. The van der Waals surface area contributed by atoms with E-state index in [2.05, 4.69) is 10.1 Å². The molecule has 2 aromatic rings. The first kappa shape index (κ1) is 8.25. The van der Waals surface area contributed by atoms with Crippen LogP contribution in [0.2, 0.25) is 0 Å². The lowest BCUT2D eigenvalue weighted by Crippen LogP contribution is -1.95. The molecule has 0 aromatic carbocycles. The molecule has 0 aliphatic heterocycles. The molecule has 68 valence electrons. The summed E-state index contributed by atoms with van der Waals surface area (Å²) in [5.41, 5.74) is 8.23. The summed E-state index contributed by atoms with van der Waals surface area (Å²) in [4.78, 5) is 4.35. The normalized spacial score (nSPS) is 10.6. The van der Waals surface area contributed by atoms with Crippen LogP contribution < -0.4 is 5.73 Å². The Labute approximate surface area is 80.0 Å². The number of hydrogen-bond acceptors (Lipinski definition) is 4. The number of nitrogens with zero attached hydrogens (tertiary/aromatic N) is 3. The second-order valence-electron chi connectivity index (χ2n) is 2.82. The molecule has 0 saturated carbocycles. The minimum absolute atomic E-state index is 0.674. The summed E-state index contributed by atoms with van der Waals surface area (Å²) in [7, 11) is 1.86. The van der Waals surface area contributed by atoms with Crippen LogP contribution in [0.4, 0.5) is 5.69 Å². The Balaban J connectivity index is 2.57. The van der Waals surface area contributed by atoms with Crippen LogP contribution in [0, 0.1) is 6.92 Å². The number of hydrogen-bond donors (Lipinski definition) is 1. The Bertz CT molecular complexity index is 410. The molecule has 2 rings (SSSR count). The van der Waals surface area contributed by atoms with Gasteiger partial charge >= 0.3 is 0 Å². The predicted molar refractivity (Wildman–Crippen MR) is 53.5 cm³/mol. The van der Waals surface area contributed by atoms with E-state index >= 15 is 0 Å². The van der Waals surface area contributed by atoms with E-state index in [-0.39, 0.29) is 0 Å². The first-order chi connectivity index (χ1) is 6.18. The third-order valence-corrected chi connectivity index (χ3v) is 2.60.